The van der Waals surface area contributed by atoms with Crippen molar-refractivity contribution in [2.24, 2.45) is 0 Å². The molecule has 1 fully saturated rings. The Morgan fingerprint density at radius 2 is 1.92 bits per heavy atom. The standard InChI is InChI=1S/C16H22F2N2O3S/c1-2-24(22,23)11-16(21)19-13-5-7-20(8-6-13)10-12-3-4-14(17)15(18)9-12/h3-4,9,13H,2,5-8,10-11H2,1H3,(H,19,21). The van der Waals surface area contributed by atoms with E-state index in [9.17, 15) is 22.0 Å². The van der Waals surface area contributed by atoms with Gasteiger partial charge in [-0.15, -0.1) is 0 Å². The summed E-state index contributed by atoms with van der Waals surface area (Å²) in [6.07, 6.45) is 1.39. The molecule has 0 spiro atoms. The summed E-state index contributed by atoms with van der Waals surface area (Å²) in [6, 6.07) is 3.82. The molecule has 0 aliphatic carbocycles. The Kier molecular flexibility index (Phi) is 6.28. The Labute approximate surface area is 141 Å². The van der Waals surface area contributed by atoms with Crippen molar-refractivity contribution in [3.05, 3.63) is 35.4 Å². The van der Waals surface area contributed by atoms with Gasteiger partial charge < -0.3 is 5.32 Å². The highest BCUT2D eigenvalue weighted by molar-refractivity contribution is 7.92. The molecule has 0 radical (unpaired) electrons. The first-order chi connectivity index (χ1) is 11.3. The van der Waals surface area contributed by atoms with Crippen LogP contribution in [-0.2, 0) is 21.2 Å². The Morgan fingerprint density at radius 3 is 2.50 bits per heavy atom. The minimum absolute atomic E-state index is 0.0485. The molecule has 0 aromatic heterocycles. The van der Waals surface area contributed by atoms with Crippen LogP contribution in [-0.4, -0.2) is 49.9 Å². The van der Waals surface area contributed by atoms with Crippen LogP contribution >= 0.6 is 0 Å². The summed E-state index contributed by atoms with van der Waals surface area (Å²) in [5.41, 5.74) is 0.699. The molecule has 24 heavy (non-hydrogen) atoms. The van der Waals surface area contributed by atoms with Gasteiger partial charge in [-0.3, -0.25) is 9.69 Å². The van der Waals surface area contributed by atoms with Crippen LogP contribution in [0.4, 0.5) is 8.78 Å². The number of nitrogens with zero attached hydrogens (tertiary/aromatic N) is 1. The molecule has 1 aliphatic rings. The van der Waals surface area contributed by atoms with Crippen molar-refractivity contribution in [3.63, 3.8) is 0 Å². The van der Waals surface area contributed by atoms with E-state index in [0.717, 1.165) is 6.07 Å². The number of halogens is 2. The first-order valence-electron chi connectivity index (χ1n) is 7.95. The van der Waals surface area contributed by atoms with Crippen LogP contribution in [0.25, 0.3) is 0 Å². The Hall–Kier alpha value is -1.54. The van der Waals surface area contributed by atoms with Crippen molar-refractivity contribution in [1.82, 2.24) is 10.2 Å². The maximum absolute atomic E-state index is 13.2. The maximum atomic E-state index is 13.2. The lowest BCUT2D eigenvalue weighted by Gasteiger charge is -2.32. The first kappa shape index (κ1) is 18.8. The predicted molar refractivity (Wildman–Crippen MR) is 87.1 cm³/mol. The predicted octanol–water partition coefficient (Wildman–Crippen LogP) is 1.48. The third kappa shape index (κ3) is 5.52. The van der Waals surface area contributed by atoms with Gasteiger partial charge >= 0.3 is 0 Å². The lowest BCUT2D eigenvalue weighted by Crippen LogP contribution is -2.45. The average molecular weight is 360 g/mol. The molecule has 0 bridgehead atoms. The van der Waals surface area contributed by atoms with Crippen molar-refractivity contribution in [2.45, 2.75) is 32.4 Å². The van der Waals surface area contributed by atoms with E-state index < -0.39 is 33.1 Å². The third-order valence-electron chi connectivity index (χ3n) is 4.13. The van der Waals surface area contributed by atoms with Gasteiger partial charge in [-0.25, -0.2) is 17.2 Å². The third-order valence-corrected chi connectivity index (χ3v) is 5.72. The van der Waals surface area contributed by atoms with Crippen molar-refractivity contribution < 1.29 is 22.0 Å². The van der Waals surface area contributed by atoms with Crippen LogP contribution < -0.4 is 5.32 Å². The van der Waals surface area contributed by atoms with Gasteiger partial charge in [0.25, 0.3) is 0 Å². The van der Waals surface area contributed by atoms with Crippen LogP contribution in [0.5, 0.6) is 0 Å². The second-order valence-electron chi connectivity index (χ2n) is 6.04. The van der Waals surface area contributed by atoms with E-state index in [1.54, 1.807) is 6.07 Å². The van der Waals surface area contributed by atoms with E-state index in [1.807, 2.05) is 0 Å². The number of sulfone groups is 1. The van der Waals surface area contributed by atoms with Crippen molar-refractivity contribution in [1.29, 1.82) is 0 Å². The number of benzene rings is 1. The van der Waals surface area contributed by atoms with E-state index in [4.69, 9.17) is 0 Å². The number of likely N-dealkylation sites (tertiary alicyclic amines) is 1. The van der Waals surface area contributed by atoms with Gasteiger partial charge in [0.15, 0.2) is 21.5 Å². The fourth-order valence-electron chi connectivity index (χ4n) is 2.70. The van der Waals surface area contributed by atoms with E-state index >= 15 is 0 Å². The topological polar surface area (TPSA) is 66.5 Å². The van der Waals surface area contributed by atoms with Crippen molar-refractivity contribution in [2.75, 3.05) is 24.6 Å². The minimum atomic E-state index is -3.32. The molecule has 0 saturated carbocycles. The van der Waals surface area contributed by atoms with Gasteiger partial charge in [-0.05, 0) is 30.5 Å². The van der Waals surface area contributed by atoms with E-state index in [1.165, 1.54) is 13.0 Å². The van der Waals surface area contributed by atoms with E-state index in [0.29, 0.717) is 38.0 Å². The summed E-state index contributed by atoms with van der Waals surface area (Å²) in [7, 11) is -3.32. The van der Waals surface area contributed by atoms with Crippen LogP contribution in [0.1, 0.15) is 25.3 Å². The highest BCUT2D eigenvalue weighted by atomic mass is 32.2. The number of hydrogen-bond donors (Lipinski definition) is 1. The monoisotopic (exact) mass is 360 g/mol. The van der Waals surface area contributed by atoms with Crippen LogP contribution in [0.3, 0.4) is 0 Å². The van der Waals surface area contributed by atoms with Gasteiger partial charge in [0, 0.05) is 31.4 Å². The maximum Gasteiger partial charge on any atom is 0.235 e. The summed E-state index contributed by atoms with van der Waals surface area (Å²) < 4.78 is 49.0. The first-order valence-corrected chi connectivity index (χ1v) is 9.77. The van der Waals surface area contributed by atoms with Crippen molar-refractivity contribution >= 4 is 15.7 Å². The number of rotatable bonds is 6. The Bertz CT molecular complexity index is 687. The number of nitrogens with one attached hydrogen (secondary N) is 1. The normalized spacial score (nSPS) is 17.0. The lowest BCUT2D eigenvalue weighted by atomic mass is 10.0. The molecule has 0 atom stereocenters. The van der Waals surface area contributed by atoms with E-state index in [-0.39, 0.29) is 11.8 Å². The molecular weight excluding hydrogens is 338 g/mol. The smallest absolute Gasteiger partial charge is 0.235 e. The molecule has 1 aromatic rings. The molecule has 1 heterocycles. The van der Waals surface area contributed by atoms with Gasteiger partial charge in [-0.1, -0.05) is 13.0 Å². The van der Waals surface area contributed by atoms with Gasteiger partial charge in [0.1, 0.15) is 5.75 Å². The summed E-state index contributed by atoms with van der Waals surface area (Å²) in [6.45, 7) is 3.43. The zero-order chi connectivity index (χ0) is 17.7. The minimum Gasteiger partial charge on any atom is -0.352 e. The van der Waals surface area contributed by atoms with Crippen LogP contribution in [0, 0.1) is 11.6 Å². The lowest BCUT2D eigenvalue weighted by molar-refractivity contribution is -0.119. The molecule has 1 N–H and O–H groups in total. The SMILES string of the molecule is CCS(=O)(=O)CC(=O)NC1CCN(Cc2ccc(F)c(F)c2)CC1. The number of piperidine rings is 1. The second-order valence-corrected chi connectivity index (χ2v) is 8.40. The van der Waals surface area contributed by atoms with Gasteiger partial charge in [-0.2, -0.15) is 0 Å². The summed E-state index contributed by atoms with van der Waals surface area (Å²) in [4.78, 5) is 13.8. The molecule has 2 rings (SSSR count). The number of carbonyl (C=O) groups is 1. The molecule has 1 amide bonds. The molecule has 0 unspecified atom stereocenters. The fraction of sp³-hybridized carbons (Fsp3) is 0.562. The second kappa shape index (κ2) is 8.02. The molecule has 8 heteroatoms. The summed E-state index contributed by atoms with van der Waals surface area (Å²) in [5.74, 6) is -2.70. The van der Waals surface area contributed by atoms with Crippen LogP contribution in [0.15, 0.2) is 18.2 Å². The summed E-state index contributed by atoms with van der Waals surface area (Å²) in [5, 5.41) is 2.76. The molecule has 1 aliphatic heterocycles. The zero-order valence-electron chi connectivity index (χ0n) is 13.6. The van der Waals surface area contributed by atoms with Crippen molar-refractivity contribution in [3.8, 4) is 0 Å². The zero-order valence-corrected chi connectivity index (χ0v) is 14.4. The molecule has 134 valence electrons. The Balaban J connectivity index is 1.79. The fourth-order valence-corrected chi connectivity index (χ4v) is 3.39. The molecule has 5 nitrogen and oxygen atoms in total. The largest absolute Gasteiger partial charge is 0.352 e. The quantitative estimate of drug-likeness (QED) is 0.835. The molecular formula is C16H22F2N2O3S. The highest BCUT2D eigenvalue weighted by Gasteiger charge is 2.23. The average Bonchev–Trinajstić information content (AvgIpc) is 2.52. The van der Waals surface area contributed by atoms with E-state index in [2.05, 4.69) is 10.2 Å². The number of carbonyl (C=O) groups excluding carboxylic acids is 1. The highest BCUT2D eigenvalue weighted by Crippen LogP contribution is 2.16. The molecule has 1 saturated heterocycles. The number of amides is 1. The molecule has 1 aromatic carbocycles. The van der Waals surface area contributed by atoms with Gasteiger partial charge in [0.05, 0.1) is 0 Å². The number of hydrogen-bond acceptors (Lipinski definition) is 4. The van der Waals surface area contributed by atoms with Gasteiger partial charge in [0.2, 0.25) is 5.91 Å². The Morgan fingerprint density at radius 1 is 1.25 bits per heavy atom. The summed E-state index contributed by atoms with van der Waals surface area (Å²) >= 11 is 0. The van der Waals surface area contributed by atoms with Crippen LogP contribution in [0.2, 0.25) is 0 Å².